The maximum Gasteiger partial charge on any atom is 0.407 e. The molecule has 1 aromatic rings. The molecule has 1 aliphatic rings. The summed E-state index contributed by atoms with van der Waals surface area (Å²) in [5, 5.41) is 65.1. The van der Waals surface area contributed by atoms with Gasteiger partial charge in [0.25, 0.3) is 5.79 Å². The summed E-state index contributed by atoms with van der Waals surface area (Å²) >= 11 is 0. The molecular formula is C21H29N3O12. The Kier molecular flexibility index (Phi) is 10.5. The Hall–Kier alpha value is -3.34. The van der Waals surface area contributed by atoms with Crippen molar-refractivity contribution in [1.29, 1.82) is 0 Å². The van der Waals surface area contributed by atoms with Crippen molar-refractivity contribution >= 4 is 23.9 Å². The number of benzene rings is 1. The average molecular weight is 515 g/mol. The van der Waals surface area contributed by atoms with E-state index in [0.29, 0.717) is 0 Å². The van der Waals surface area contributed by atoms with Crippen LogP contribution in [0.3, 0.4) is 0 Å². The summed E-state index contributed by atoms with van der Waals surface area (Å²) in [6, 6.07) is 7.26. The highest BCUT2D eigenvalue weighted by Crippen LogP contribution is 2.30. The number of hydrogen-bond donors (Lipinski definition) is 9. The third-order valence-electron chi connectivity index (χ3n) is 5.22. The van der Waals surface area contributed by atoms with E-state index in [4.69, 9.17) is 19.7 Å². The van der Waals surface area contributed by atoms with Gasteiger partial charge in [0.2, 0.25) is 11.8 Å². The number of nitrogens with one attached hydrogen (secondary N) is 3. The van der Waals surface area contributed by atoms with E-state index in [0.717, 1.165) is 5.56 Å². The fraction of sp³-hybridized carbons (Fsp3) is 0.524. The zero-order valence-corrected chi connectivity index (χ0v) is 18.9. The molecule has 15 heteroatoms. The van der Waals surface area contributed by atoms with Crippen molar-refractivity contribution in [3.63, 3.8) is 0 Å². The Balaban J connectivity index is 1.85. The number of amides is 3. The molecule has 2 rings (SSSR count). The van der Waals surface area contributed by atoms with E-state index in [1.54, 1.807) is 30.3 Å². The number of carboxylic acid groups (broad SMARTS) is 1. The van der Waals surface area contributed by atoms with Crippen LogP contribution in [0.25, 0.3) is 0 Å². The van der Waals surface area contributed by atoms with Crippen LogP contribution in [0.4, 0.5) is 4.79 Å². The molecule has 0 unspecified atom stereocenters. The minimum Gasteiger partial charge on any atom is -0.477 e. The largest absolute Gasteiger partial charge is 0.477 e. The normalized spacial score (nSPS) is 25.2. The SMILES string of the molecule is O=C(CNC(=O)OCc1ccccc1)NCC(=O)N[C@H]1[C@H]([C@H](O)[C@H](O)CO)O[C@](O)(C(=O)O)C[C@@H]1O. The standard InChI is InChI=1S/C21H29N3O12/c25-9-13(27)17(30)18-16(12(26)6-21(34,36-18)19(31)32)24-15(29)8-22-14(28)7-23-20(33)35-10-11-4-2-1-3-5-11/h1-5,12-13,16-18,25-27,30,34H,6-10H2,(H,22,28)(H,23,33)(H,24,29)(H,31,32)/t12-,13+,16+,17+,18+,21-/m0/s1. The van der Waals surface area contributed by atoms with Crippen LogP contribution in [0, 0.1) is 0 Å². The number of aliphatic hydroxyl groups is 5. The minimum absolute atomic E-state index is 0.0164. The topological polar surface area (TPSA) is 244 Å². The highest BCUT2D eigenvalue weighted by atomic mass is 16.7. The highest BCUT2D eigenvalue weighted by Gasteiger charge is 2.54. The van der Waals surface area contributed by atoms with Gasteiger partial charge in [-0.15, -0.1) is 0 Å². The summed E-state index contributed by atoms with van der Waals surface area (Å²) in [7, 11) is 0. The van der Waals surface area contributed by atoms with Gasteiger partial charge in [-0.25, -0.2) is 9.59 Å². The molecule has 0 aromatic heterocycles. The lowest BCUT2D eigenvalue weighted by molar-refractivity contribution is -0.295. The van der Waals surface area contributed by atoms with Crippen molar-refractivity contribution in [2.45, 2.75) is 49.3 Å². The van der Waals surface area contributed by atoms with E-state index in [-0.39, 0.29) is 6.61 Å². The van der Waals surface area contributed by atoms with Crippen LogP contribution in [0.2, 0.25) is 0 Å². The molecular weight excluding hydrogens is 486 g/mol. The summed E-state index contributed by atoms with van der Waals surface area (Å²) < 4.78 is 9.90. The van der Waals surface area contributed by atoms with E-state index in [9.17, 15) is 39.6 Å². The van der Waals surface area contributed by atoms with Crippen LogP contribution in [-0.4, -0.2) is 110 Å². The van der Waals surface area contributed by atoms with E-state index < -0.39 is 86.2 Å². The molecule has 9 N–H and O–H groups in total. The van der Waals surface area contributed by atoms with Crippen LogP contribution in [0.1, 0.15) is 12.0 Å². The number of ether oxygens (including phenoxy) is 2. The third kappa shape index (κ3) is 8.11. The van der Waals surface area contributed by atoms with E-state index in [1.165, 1.54) is 0 Å². The second-order valence-corrected chi connectivity index (χ2v) is 7.97. The van der Waals surface area contributed by atoms with Gasteiger partial charge in [0.15, 0.2) is 0 Å². The molecule has 0 spiro atoms. The molecule has 0 radical (unpaired) electrons. The fourth-order valence-electron chi connectivity index (χ4n) is 3.31. The fourth-order valence-corrected chi connectivity index (χ4v) is 3.31. The lowest BCUT2D eigenvalue weighted by atomic mass is 9.88. The van der Waals surface area contributed by atoms with Gasteiger partial charge >= 0.3 is 12.1 Å². The van der Waals surface area contributed by atoms with Crippen LogP contribution in [0.5, 0.6) is 0 Å². The van der Waals surface area contributed by atoms with Crippen molar-refractivity contribution in [2.24, 2.45) is 0 Å². The van der Waals surface area contributed by atoms with E-state index in [2.05, 4.69) is 16.0 Å². The van der Waals surface area contributed by atoms with Gasteiger partial charge in [0.1, 0.15) is 31.5 Å². The highest BCUT2D eigenvalue weighted by molar-refractivity contribution is 5.87. The number of carbonyl (C=O) groups is 4. The Morgan fingerprint density at radius 2 is 1.72 bits per heavy atom. The van der Waals surface area contributed by atoms with Gasteiger partial charge in [0.05, 0.1) is 25.3 Å². The quantitative estimate of drug-likeness (QED) is 0.137. The second kappa shape index (κ2) is 13.1. The maximum atomic E-state index is 12.3. The first-order valence-electron chi connectivity index (χ1n) is 10.8. The molecule has 3 amide bonds. The van der Waals surface area contributed by atoms with Crippen molar-refractivity contribution in [3.05, 3.63) is 35.9 Å². The minimum atomic E-state index is -2.93. The summed E-state index contributed by atoms with van der Waals surface area (Å²) in [5.41, 5.74) is 0.736. The molecule has 6 atom stereocenters. The number of aliphatic carboxylic acids is 1. The molecule has 15 nitrogen and oxygen atoms in total. The van der Waals surface area contributed by atoms with Gasteiger partial charge in [-0.2, -0.15) is 0 Å². The summed E-state index contributed by atoms with van der Waals surface area (Å²) in [6.45, 7) is -2.17. The van der Waals surface area contributed by atoms with E-state index in [1.807, 2.05) is 0 Å². The lowest BCUT2D eigenvalue weighted by Gasteiger charge is -2.44. The van der Waals surface area contributed by atoms with Crippen LogP contribution < -0.4 is 16.0 Å². The Morgan fingerprint density at radius 3 is 2.33 bits per heavy atom. The van der Waals surface area contributed by atoms with Crippen molar-refractivity contribution in [3.8, 4) is 0 Å². The van der Waals surface area contributed by atoms with Gasteiger partial charge in [-0.05, 0) is 5.56 Å². The molecule has 1 heterocycles. The Morgan fingerprint density at radius 1 is 1.08 bits per heavy atom. The summed E-state index contributed by atoms with van der Waals surface area (Å²) in [5.74, 6) is -6.51. The molecule has 36 heavy (non-hydrogen) atoms. The second-order valence-electron chi connectivity index (χ2n) is 7.97. The molecule has 1 saturated heterocycles. The summed E-state index contributed by atoms with van der Waals surface area (Å²) in [6.07, 6.45) is -9.24. The Labute approximate surface area is 204 Å². The zero-order valence-electron chi connectivity index (χ0n) is 18.9. The Bertz CT molecular complexity index is 917. The number of hydrogen-bond acceptors (Lipinski definition) is 11. The smallest absolute Gasteiger partial charge is 0.407 e. The number of rotatable bonds is 11. The molecule has 1 fully saturated rings. The van der Waals surface area contributed by atoms with Crippen LogP contribution >= 0.6 is 0 Å². The monoisotopic (exact) mass is 515 g/mol. The summed E-state index contributed by atoms with van der Waals surface area (Å²) in [4.78, 5) is 47.2. The van der Waals surface area contributed by atoms with Gasteiger partial charge in [-0.1, -0.05) is 30.3 Å². The van der Waals surface area contributed by atoms with Crippen molar-refractivity contribution in [2.75, 3.05) is 19.7 Å². The number of carbonyl (C=O) groups excluding carboxylic acids is 3. The number of carboxylic acids is 1. The van der Waals surface area contributed by atoms with Crippen molar-refractivity contribution < 1.29 is 59.3 Å². The van der Waals surface area contributed by atoms with Crippen LogP contribution in [0.15, 0.2) is 30.3 Å². The van der Waals surface area contributed by atoms with Crippen LogP contribution in [-0.2, 0) is 30.5 Å². The predicted octanol–water partition coefficient (Wildman–Crippen LogP) is -3.85. The molecule has 0 bridgehead atoms. The number of aliphatic hydroxyl groups excluding tert-OH is 4. The predicted molar refractivity (Wildman–Crippen MR) is 117 cm³/mol. The van der Waals surface area contributed by atoms with E-state index >= 15 is 0 Å². The first-order valence-corrected chi connectivity index (χ1v) is 10.8. The molecule has 1 aliphatic heterocycles. The molecule has 1 aromatic carbocycles. The molecule has 0 saturated carbocycles. The average Bonchev–Trinajstić information content (AvgIpc) is 2.86. The first kappa shape index (κ1) is 28.9. The third-order valence-corrected chi connectivity index (χ3v) is 5.22. The molecule has 200 valence electrons. The van der Waals surface area contributed by atoms with Gasteiger partial charge in [0, 0.05) is 6.42 Å². The maximum absolute atomic E-state index is 12.3. The zero-order chi connectivity index (χ0) is 26.9. The molecule has 0 aliphatic carbocycles. The first-order chi connectivity index (χ1) is 17.0. The van der Waals surface area contributed by atoms with Gasteiger partial charge < -0.3 is 56.1 Å². The van der Waals surface area contributed by atoms with Crippen molar-refractivity contribution in [1.82, 2.24) is 16.0 Å². The lowest BCUT2D eigenvalue weighted by Crippen LogP contribution is -2.67. The number of alkyl carbamates (subject to hydrolysis) is 1. The van der Waals surface area contributed by atoms with Gasteiger partial charge in [-0.3, -0.25) is 9.59 Å².